The van der Waals surface area contributed by atoms with E-state index in [-0.39, 0.29) is 23.9 Å². The van der Waals surface area contributed by atoms with E-state index in [9.17, 15) is 9.18 Å². The normalized spacial score (nSPS) is 20.4. The zero-order valence-electron chi connectivity index (χ0n) is 16.5. The maximum absolute atomic E-state index is 13.8. The van der Waals surface area contributed by atoms with Gasteiger partial charge in [-0.2, -0.15) is 0 Å². The van der Waals surface area contributed by atoms with Crippen molar-refractivity contribution in [3.05, 3.63) is 58.1 Å². The quantitative estimate of drug-likeness (QED) is 0.650. The number of amides is 1. The minimum atomic E-state index is -0.408. The van der Waals surface area contributed by atoms with Crippen LogP contribution < -0.4 is 4.74 Å². The van der Waals surface area contributed by atoms with Gasteiger partial charge in [-0.25, -0.2) is 9.37 Å². The number of carbonyl (C=O) groups is 1. The third-order valence-corrected chi connectivity index (χ3v) is 6.02. The molecule has 1 amide bonds. The van der Waals surface area contributed by atoms with Gasteiger partial charge in [0.15, 0.2) is 0 Å². The summed E-state index contributed by atoms with van der Waals surface area (Å²) >= 11 is 3.34. The summed E-state index contributed by atoms with van der Waals surface area (Å²) in [6.45, 7) is 5.13. The summed E-state index contributed by atoms with van der Waals surface area (Å²) in [5.74, 6) is 0.321. The fourth-order valence-corrected chi connectivity index (χ4v) is 4.36. The van der Waals surface area contributed by atoms with Gasteiger partial charge in [0.25, 0.3) is 5.91 Å². The summed E-state index contributed by atoms with van der Waals surface area (Å²) in [7, 11) is 0. The third kappa shape index (κ3) is 4.31. The van der Waals surface area contributed by atoms with Gasteiger partial charge in [0.1, 0.15) is 22.9 Å². The second kappa shape index (κ2) is 8.03. The van der Waals surface area contributed by atoms with Crippen LogP contribution in [0, 0.1) is 5.82 Å². The fourth-order valence-electron chi connectivity index (χ4n) is 4.12. The zero-order valence-corrected chi connectivity index (χ0v) is 18.1. The molecule has 0 bridgehead atoms. The molecule has 0 radical (unpaired) electrons. The Kier molecular flexibility index (Phi) is 5.62. The highest BCUT2D eigenvalue weighted by molar-refractivity contribution is 9.10. The number of ether oxygens (including phenoxy) is 2. The van der Waals surface area contributed by atoms with E-state index in [2.05, 4.69) is 20.9 Å². The van der Waals surface area contributed by atoms with E-state index >= 15 is 0 Å². The van der Waals surface area contributed by atoms with Crippen molar-refractivity contribution < 1.29 is 18.7 Å². The van der Waals surface area contributed by atoms with E-state index in [1.807, 2.05) is 24.8 Å². The molecule has 1 aromatic carbocycles. The minimum Gasteiger partial charge on any atom is -0.487 e. The summed E-state index contributed by atoms with van der Waals surface area (Å²) < 4.78 is 27.1. The Hall–Kier alpha value is -1.99. The molecule has 2 aliphatic heterocycles. The van der Waals surface area contributed by atoms with Crippen molar-refractivity contribution in [1.29, 1.82) is 0 Å². The van der Waals surface area contributed by atoms with Crippen molar-refractivity contribution in [1.82, 2.24) is 9.88 Å². The number of carbonyl (C=O) groups excluding carboxylic acids is 1. The van der Waals surface area contributed by atoms with E-state index < -0.39 is 5.60 Å². The number of aromatic nitrogens is 1. The standard InChI is InChI=1S/C22H24BrFN2O3/c1-14(2)28-20-12-22(29-19-6-4-16(24)11-17(19)20)7-9-26(10-8-22)21(27)18-5-3-15(23)13-25-18/h3-6,11,13-14,20H,7-10,12H2,1-2H3. The topological polar surface area (TPSA) is 51.7 Å². The van der Waals surface area contributed by atoms with E-state index in [4.69, 9.17) is 9.47 Å². The Bertz CT molecular complexity index is 895. The molecule has 3 heterocycles. The number of pyridine rings is 1. The molecule has 0 N–H and O–H groups in total. The number of hydrogen-bond donors (Lipinski definition) is 0. The maximum atomic E-state index is 13.8. The first kappa shape index (κ1) is 20.3. The SMILES string of the molecule is CC(C)OC1CC2(CCN(C(=O)c3ccc(Br)cn3)CC2)Oc2ccc(F)cc21. The van der Waals surface area contributed by atoms with E-state index in [1.54, 1.807) is 18.3 Å². The van der Waals surface area contributed by atoms with Gasteiger partial charge in [0, 0.05) is 48.6 Å². The number of nitrogens with zero attached hydrogens (tertiary/aromatic N) is 2. The molecule has 1 spiro atoms. The Morgan fingerprint density at radius 2 is 2.07 bits per heavy atom. The van der Waals surface area contributed by atoms with Crippen LogP contribution in [0.3, 0.4) is 0 Å². The molecule has 0 saturated carbocycles. The number of benzene rings is 1. The van der Waals surface area contributed by atoms with Crippen molar-refractivity contribution in [2.24, 2.45) is 0 Å². The average Bonchev–Trinajstić information content (AvgIpc) is 2.69. The highest BCUT2D eigenvalue weighted by Gasteiger charge is 2.45. The van der Waals surface area contributed by atoms with E-state index in [0.29, 0.717) is 43.8 Å². The Morgan fingerprint density at radius 1 is 1.31 bits per heavy atom. The number of fused-ring (bicyclic) bond motifs is 1. The van der Waals surface area contributed by atoms with Crippen molar-refractivity contribution in [3.8, 4) is 5.75 Å². The Morgan fingerprint density at radius 3 is 2.72 bits per heavy atom. The van der Waals surface area contributed by atoms with Crippen molar-refractivity contribution >= 4 is 21.8 Å². The molecule has 2 aromatic rings. The Labute approximate surface area is 178 Å². The Balaban J connectivity index is 1.50. The number of piperidine rings is 1. The van der Waals surface area contributed by atoms with Gasteiger partial charge in [-0.05, 0) is 60.1 Å². The van der Waals surface area contributed by atoms with Gasteiger partial charge >= 0.3 is 0 Å². The van der Waals surface area contributed by atoms with Crippen LogP contribution in [0.4, 0.5) is 4.39 Å². The summed E-state index contributed by atoms with van der Waals surface area (Å²) in [5.41, 5.74) is 0.798. The molecule has 29 heavy (non-hydrogen) atoms. The molecule has 5 nitrogen and oxygen atoms in total. The number of hydrogen-bond acceptors (Lipinski definition) is 4. The number of likely N-dealkylation sites (tertiary alicyclic amines) is 1. The van der Waals surface area contributed by atoms with Crippen LogP contribution in [0.5, 0.6) is 5.75 Å². The van der Waals surface area contributed by atoms with Crippen molar-refractivity contribution in [2.75, 3.05) is 13.1 Å². The molecule has 1 unspecified atom stereocenters. The highest BCUT2D eigenvalue weighted by Crippen LogP contribution is 2.46. The second-order valence-corrected chi connectivity index (χ2v) is 8.91. The predicted octanol–water partition coefficient (Wildman–Crippen LogP) is 4.91. The van der Waals surface area contributed by atoms with Gasteiger partial charge in [-0.1, -0.05) is 0 Å². The molecule has 1 saturated heterocycles. The molecule has 4 rings (SSSR count). The van der Waals surface area contributed by atoms with Gasteiger partial charge in [-0.3, -0.25) is 4.79 Å². The lowest BCUT2D eigenvalue weighted by molar-refractivity contribution is -0.0874. The van der Waals surface area contributed by atoms with E-state index in [1.165, 1.54) is 12.1 Å². The first-order valence-corrected chi connectivity index (χ1v) is 10.7. The third-order valence-electron chi connectivity index (χ3n) is 5.55. The zero-order chi connectivity index (χ0) is 20.6. The molecule has 2 aliphatic rings. The molecule has 154 valence electrons. The molecule has 1 atom stereocenters. The van der Waals surface area contributed by atoms with Crippen LogP contribution >= 0.6 is 15.9 Å². The van der Waals surface area contributed by atoms with Gasteiger partial charge in [0.2, 0.25) is 0 Å². The summed E-state index contributed by atoms with van der Waals surface area (Å²) in [4.78, 5) is 18.8. The molecular weight excluding hydrogens is 439 g/mol. The molecule has 0 aliphatic carbocycles. The lowest BCUT2D eigenvalue weighted by Gasteiger charge is -2.47. The van der Waals surface area contributed by atoms with Crippen molar-refractivity contribution in [3.63, 3.8) is 0 Å². The summed E-state index contributed by atoms with van der Waals surface area (Å²) in [6, 6.07) is 8.16. The summed E-state index contributed by atoms with van der Waals surface area (Å²) in [6.07, 6.45) is 3.49. The average molecular weight is 463 g/mol. The van der Waals surface area contributed by atoms with Crippen LogP contribution in [-0.4, -0.2) is 40.6 Å². The van der Waals surface area contributed by atoms with Crippen molar-refractivity contribution in [2.45, 2.75) is 50.9 Å². The number of rotatable bonds is 3. The molecule has 1 aromatic heterocycles. The second-order valence-electron chi connectivity index (χ2n) is 8.00. The van der Waals surface area contributed by atoms with Crippen LogP contribution in [0.1, 0.15) is 55.3 Å². The first-order valence-electron chi connectivity index (χ1n) is 9.90. The smallest absolute Gasteiger partial charge is 0.272 e. The molecule has 1 fully saturated rings. The number of halogens is 2. The van der Waals surface area contributed by atoms with Gasteiger partial charge < -0.3 is 14.4 Å². The maximum Gasteiger partial charge on any atom is 0.272 e. The molecule has 7 heteroatoms. The first-order chi connectivity index (χ1) is 13.8. The van der Waals surface area contributed by atoms with Gasteiger partial charge in [-0.15, -0.1) is 0 Å². The lowest BCUT2D eigenvalue weighted by Crippen LogP contribution is -2.52. The lowest BCUT2D eigenvalue weighted by atomic mass is 9.81. The highest BCUT2D eigenvalue weighted by atomic mass is 79.9. The van der Waals surface area contributed by atoms with Crippen LogP contribution in [0.2, 0.25) is 0 Å². The van der Waals surface area contributed by atoms with Crippen LogP contribution in [0.15, 0.2) is 41.0 Å². The summed E-state index contributed by atoms with van der Waals surface area (Å²) in [5, 5.41) is 0. The molecular formula is C22H24BrFN2O3. The van der Waals surface area contributed by atoms with Gasteiger partial charge in [0.05, 0.1) is 12.2 Å². The fraction of sp³-hybridized carbons (Fsp3) is 0.455. The predicted molar refractivity (Wildman–Crippen MR) is 110 cm³/mol. The van der Waals surface area contributed by atoms with Crippen LogP contribution in [-0.2, 0) is 4.74 Å². The monoisotopic (exact) mass is 462 g/mol. The largest absolute Gasteiger partial charge is 0.487 e. The minimum absolute atomic E-state index is 0.0245. The van der Waals surface area contributed by atoms with E-state index in [0.717, 1.165) is 10.0 Å². The van der Waals surface area contributed by atoms with Crippen LogP contribution in [0.25, 0.3) is 0 Å².